The van der Waals surface area contributed by atoms with Crippen molar-refractivity contribution in [3.63, 3.8) is 0 Å². The van der Waals surface area contributed by atoms with E-state index in [9.17, 15) is 9.18 Å². The zero-order valence-electron chi connectivity index (χ0n) is 15.1. The van der Waals surface area contributed by atoms with E-state index in [0.717, 1.165) is 6.42 Å². The number of carbonyl (C=O) groups is 1. The summed E-state index contributed by atoms with van der Waals surface area (Å²) >= 11 is 6.15. The molecule has 1 amide bonds. The Morgan fingerprint density at radius 2 is 2.14 bits per heavy atom. The van der Waals surface area contributed by atoms with Crippen LogP contribution in [-0.4, -0.2) is 43.5 Å². The monoisotopic (exact) mass is 397 g/mol. The zero-order valence-corrected chi connectivity index (χ0v) is 15.8. The first-order chi connectivity index (χ1) is 13.5. The summed E-state index contributed by atoms with van der Waals surface area (Å²) in [5.74, 6) is -0.742. The molecule has 142 valence electrons. The lowest BCUT2D eigenvalue weighted by Gasteiger charge is -2.26. The molecule has 1 aliphatic rings. The molecule has 28 heavy (non-hydrogen) atoms. The Bertz CT molecular complexity index is 1090. The van der Waals surface area contributed by atoms with Crippen molar-refractivity contribution in [2.75, 3.05) is 7.05 Å². The summed E-state index contributed by atoms with van der Waals surface area (Å²) in [5, 5.41) is 7.88. The van der Waals surface area contributed by atoms with Gasteiger partial charge in [-0.25, -0.2) is 4.98 Å². The quantitative estimate of drug-likeness (QED) is 0.676. The molecule has 1 unspecified atom stereocenters. The fourth-order valence-electron chi connectivity index (χ4n) is 3.19. The normalized spacial score (nSPS) is 15.9. The van der Waals surface area contributed by atoms with E-state index in [1.807, 2.05) is 24.3 Å². The van der Waals surface area contributed by atoms with Crippen LogP contribution in [0.5, 0.6) is 0 Å². The van der Waals surface area contributed by atoms with Crippen LogP contribution in [0.3, 0.4) is 0 Å². The summed E-state index contributed by atoms with van der Waals surface area (Å²) in [4.78, 5) is 19.2. The van der Waals surface area contributed by atoms with Crippen LogP contribution >= 0.6 is 11.6 Å². The number of hydrogen-bond donors (Lipinski definition) is 0. The van der Waals surface area contributed by atoms with Gasteiger partial charge in [0, 0.05) is 13.2 Å². The minimum atomic E-state index is -0.676. The fraction of sp³-hybridized carbons (Fsp3) is 0.200. The Morgan fingerprint density at radius 1 is 1.29 bits per heavy atom. The molecule has 0 N–H and O–H groups in total. The molecule has 0 fully saturated rings. The van der Waals surface area contributed by atoms with E-state index in [0.29, 0.717) is 27.8 Å². The van der Waals surface area contributed by atoms with E-state index in [-0.39, 0.29) is 18.4 Å². The molecule has 4 rings (SSSR count). The van der Waals surface area contributed by atoms with Crippen LogP contribution in [0.15, 0.2) is 54.8 Å². The summed E-state index contributed by atoms with van der Waals surface area (Å²) in [6, 6.07) is 6.21. The second-order valence-electron chi connectivity index (χ2n) is 6.52. The van der Waals surface area contributed by atoms with Gasteiger partial charge in [-0.1, -0.05) is 35.9 Å². The van der Waals surface area contributed by atoms with Crippen molar-refractivity contribution in [3.05, 3.63) is 71.4 Å². The van der Waals surface area contributed by atoms with Crippen LogP contribution in [0.25, 0.3) is 17.0 Å². The van der Waals surface area contributed by atoms with Crippen molar-refractivity contribution in [1.82, 2.24) is 24.5 Å². The maximum atomic E-state index is 13.2. The molecule has 3 heterocycles. The lowest BCUT2D eigenvalue weighted by Crippen LogP contribution is -2.37. The number of likely N-dealkylation sites (N-methyl/N-ethyl adjacent to an activating group) is 1. The van der Waals surface area contributed by atoms with Crippen molar-refractivity contribution < 1.29 is 9.18 Å². The van der Waals surface area contributed by atoms with Gasteiger partial charge < -0.3 is 9.30 Å². The number of rotatable bonds is 4. The van der Waals surface area contributed by atoms with Gasteiger partial charge in [-0.2, -0.15) is 4.39 Å². The van der Waals surface area contributed by atoms with Crippen LogP contribution in [0.1, 0.15) is 12.1 Å². The number of aromatic nitrogens is 4. The van der Waals surface area contributed by atoms with Crippen molar-refractivity contribution in [3.8, 4) is 11.4 Å². The molecule has 0 spiro atoms. The number of amides is 1. The molecular weight excluding hydrogens is 381 g/mol. The molecule has 1 aliphatic carbocycles. The number of hydrogen-bond acceptors (Lipinski definition) is 4. The third kappa shape index (κ3) is 3.53. The highest BCUT2D eigenvalue weighted by Gasteiger charge is 2.23. The summed E-state index contributed by atoms with van der Waals surface area (Å²) < 4.78 is 15.0. The van der Waals surface area contributed by atoms with Crippen molar-refractivity contribution in [2.24, 2.45) is 0 Å². The Labute approximate surface area is 166 Å². The molecule has 0 radical (unpaired) electrons. The molecule has 0 aliphatic heterocycles. The topological polar surface area (TPSA) is 63.4 Å². The van der Waals surface area contributed by atoms with Gasteiger partial charge in [-0.15, -0.1) is 10.2 Å². The van der Waals surface area contributed by atoms with Crippen LogP contribution in [0.4, 0.5) is 4.39 Å². The molecule has 3 aromatic heterocycles. The standard InChI is InChI=1S/C20H17ClFN5O/c1-26(14-5-3-2-4-6-14)19(28)11-16-20(15-8-9-17(22)25-24-15)23-18-10-7-13(21)12-27(16)18/h2-5,7-10,12,14H,6,11H2,1H3. The minimum absolute atomic E-state index is 0.00864. The minimum Gasteiger partial charge on any atom is -0.339 e. The Balaban J connectivity index is 1.73. The van der Waals surface area contributed by atoms with E-state index in [1.165, 1.54) is 12.1 Å². The molecular formula is C20H17ClFN5O. The van der Waals surface area contributed by atoms with Gasteiger partial charge in [0.05, 0.1) is 23.2 Å². The summed E-state index contributed by atoms with van der Waals surface area (Å²) in [7, 11) is 1.78. The van der Waals surface area contributed by atoms with Gasteiger partial charge in [0.25, 0.3) is 0 Å². The number of fused-ring (bicyclic) bond motifs is 1. The number of nitrogens with zero attached hydrogens (tertiary/aromatic N) is 5. The maximum Gasteiger partial charge on any atom is 0.233 e. The van der Waals surface area contributed by atoms with Gasteiger partial charge in [0.2, 0.25) is 11.9 Å². The Hall–Kier alpha value is -3.06. The molecule has 6 nitrogen and oxygen atoms in total. The maximum absolute atomic E-state index is 13.2. The first-order valence-corrected chi connectivity index (χ1v) is 9.16. The molecule has 8 heteroatoms. The van der Waals surface area contributed by atoms with Crippen molar-refractivity contribution in [2.45, 2.75) is 18.9 Å². The number of carbonyl (C=O) groups excluding carboxylic acids is 1. The first-order valence-electron chi connectivity index (χ1n) is 8.78. The SMILES string of the molecule is CN(C(=O)Cc1c(-c2ccc(F)nn2)nc2ccc(Cl)cn12)C1C=CC=CC1. The second-order valence-corrected chi connectivity index (χ2v) is 6.96. The highest BCUT2D eigenvalue weighted by Crippen LogP contribution is 2.25. The van der Waals surface area contributed by atoms with E-state index in [1.54, 1.807) is 34.7 Å². The average molecular weight is 398 g/mol. The van der Waals surface area contributed by atoms with Gasteiger partial charge in [0.15, 0.2) is 0 Å². The Morgan fingerprint density at radius 3 is 2.86 bits per heavy atom. The molecule has 0 bridgehead atoms. The number of pyridine rings is 1. The number of halogens is 2. The lowest BCUT2D eigenvalue weighted by atomic mass is 10.1. The van der Waals surface area contributed by atoms with E-state index in [2.05, 4.69) is 15.2 Å². The van der Waals surface area contributed by atoms with Gasteiger partial charge in [-0.3, -0.25) is 4.79 Å². The zero-order chi connectivity index (χ0) is 19.7. The van der Waals surface area contributed by atoms with Crippen LogP contribution in [-0.2, 0) is 11.2 Å². The van der Waals surface area contributed by atoms with Crippen molar-refractivity contribution in [1.29, 1.82) is 0 Å². The predicted octanol–water partition coefficient (Wildman–Crippen LogP) is 3.47. The van der Waals surface area contributed by atoms with E-state index < -0.39 is 5.95 Å². The lowest BCUT2D eigenvalue weighted by molar-refractivity contribution is -0.130. The third-order valence-corrected chi connectivity index (χ3v) is 4.95. The molecule has 0 aromatic carbocycles. The molecule has 3 aromatic rings. The second kappa shape index (κ2) is 7.52. The molecule has 0 saturated carbocycles. The summed E-state index contributed by atoms with van der Waals surface area (Å²) in [6.07, 6.45) is 10.5. The van der Waals surface area contributed by atoms with Crippen LogP contribution < -0.4 is 0 Å². The van der Waals surface area contributed by atoms with E-state index in [4.69, 9.17) is 11.6 Å². The summed E-state index contributed by atoms with van der Waals surface area (Å²) in [6.45, 7) is 0. The van der Waals surface area contributed by atoms with E-state index >= 15 is 0 Å². The van der Waals surface area contributed by atoms with Crippen molar-refractivity contribution >= 4 is 23.2 Å². The fourth-order valence-corrected chi connectivity index (χ4v) is 3.35. The van der Waals surface area contributed by atoms with Gasteiger partial charge in [-0.05, 0) is 30.7 Å². The molecule has 1 atom stereocenters. The highest BCUT2D eigenvalue weighted by atomic mass is 35.5. The van der Waals surface area contributed by atoms with Crippen LogP contribution in [0, 0.1) is 5.95 Å². The number of imidazole rings is 1. The average Bonchev–Trinajstić information content (AvgIpc) is 3.06. The van der Waals surface area contributed by atoms with Gasteiger partial charge in [0.1, 0.15) is 17.0 Å². The first kappa shape index (κ1) is 18.3. The number of allylic oxidation sites excluding steroid dienone is 2. The van der Waals surface area contributed by atoms with Gasteiger partial charge >= 0.3 is 0 Å². The highest BCUT2D eigenvalue weighted by molar-refractivity contribution is 6.30. The van der Waals surface area contributed by atoms with Crippen LogP contribution in [0.2, 0.25) is 5.02 Å². The largest absolute Gasteiger partial charge is 0.339 e. The third-order valence-electron chi connectivity index (χ3n) is 4.72. The molecule has 0 saturated heterocycles. The predicted molar refractivity (Wildman–Crippen MR) is 104 cm³/mol. The summed E-state index contributed by atoms with van der Waals surface area (Å²) in [5.41, 5.74) is 2.13. The smallest absolute Gasteiger partial charge is 0.233 e. The Kier molecular flexibility index (Phi) is 4.92.